The molecule has 1 aromatic rings. The van der Waals surface area contributed by atoms with E-state index in [-0.39, 0.29) is 11.8 Å². The van der Waals surface area contributed by atoms with Crippen molar-refractivity contribution < 1.29 is 23.8 Å². The van der Waals surface area contributed by atoms with E-state index in [1.165, 1.54) is 7.11 Å². The van der Waals surface area contributed by atoms with Crippen molar-refractivity contribution in [3.8, 4) is 11.5 Å². The van der Waals surface area contributed by atoms with E-state index in [1.807, 2.05) is 6.92 Å². The second-order valence-electron chi connectivity index (χ2n) is 6.71. The summed E-state index contributed by atoms with van der Waals surface area (Å²) in [5.74, 6) is 0.902. The Morgan fingerprint density at radius 2 is 2.00 bits per heavy atom. The van der Waals surface area contributed by atoms with E-state index in [1.54, 1.807) is 37.3 Å². The van der Waals surface area contributed by atoms with Gasteiger partial charge in [0.05, 0.1) is 31.8 Å². The fourth-order valence-electron chi connectivity index (χ4n) is 3.22. The SMILES string of the molecule is COCCNC(=O)C1(C)CCCN(C(=O)c2ccc(OC)cc2OC)C1. The minimum Gasteiger partial charge on any atom is -0.497 e. The van der Waals surface area contributed by atoms with Crippen molar-refractivity contribution in [3.05, 3.63) is 23.8 Å². The molecule has 0 bridgehead atoms. The number of carbonyl (C=O) groups excluding carboxylic acids is 2. The number of methoxy groups -OCH3 is 3. The monoisotopic (exact) mass is 364 g/mol. The van der Waals surface area contributed by atoms with Gasteiger partial charge in [-0.1, -0.05) is 0 Å². The summed E-state index contributed by atoms with van der Waals surface area (Å²) in [5.41, 5.74) is -0.140. The van der Waals surface area contributed by atoms with Gasteiger partial charge in [-0.2, -0.15) is 0 Å². The molecule has 26 heavy (non-hydrogen) atoms. The quantitative estimate of drug-likeness (QED) is 0.746. The van der Waals surface area contributed by atoms with Crippen molar-refractivity contribution in [3.63, 3.8) is 0 Å². The third kappa shape index (κ3) is 4.46. The molecule has 0 aliphatic carbocycles. The van der Waals surface area contributed by atoms with Crippen LogP contribution in [0, 0.1) is 5.41 Å². The Morgan fingerprint density at radius 1 is 1.23 bits per heavy atom. The van der Waals surface area contributed by atoms with Crippen molar-refractivity contribution in [2.24, 2.45) is 5.41 Å². The minimum absolute atomic E-state index is 0.0475. The number of ether oxygens (including phenoxy) is 3. The first-order valence-electron chi connectivity index (χ1n) is 8.73. The maximum Gasteiger partial charge on any atom is 0.257 e. The van der Waals surface area contributed by atoms with E-state index < -0.39 is 5.41 Å². The molecule has 1 N–H and O–H groups in total. The van der Waals surface area contributed by atoms with E-state index in [9.17, 15) is 9.59 Å². The lowest BCUT2D eigenvalue weighted by Crippen LogP contribution is -2.52. The molecule has 0 aromatic heterocycles. The highest BCUT2D eigenvalue weighted by Gasteiger charge is 2.39. The van der Waals surface area contributed by atoms with Crippen LogP contribution in [0.3, 0.4) is 0 Å². The molecule has 2 amide bonds. The third-order valence-electron chi connectivity index (χ3n) is 4.76. The summed E-state index contributed by atoms with van der Waals surface area (Å²) in [5, 5.41) is 2.89. The van der Waals surface area contributed by atoms with Gasteiger partial charge in [0, 0.05) is 32.8 Å². The lowest BCUT2D eigenvalue weighted by atomic mass is 9.80. The van der Waals surface area contributed by atoms with Crippen LogP contribution < -0.4 is 14.8 Å². The lowest BCUT2D eigenvalue weighted by Gasteiger charge is -2.39. The zero-order valence-corrected chi connectivity index (χ0v) is 16.0. The topological polar surface area (TPSA) is 77.1 Å². The van der Waals surface area contributed by atoms with Crippen LogP contribution in [0.15, 0.2) is 18.2 Å². The molecule has 1 unspecified atom stereocenters. The van der Waals surface area contributed by atoms with Crippen LogP contribution in [0.1, 0.15) is 30.1 Å². The number of piperidine rings is 1. The van der Waals surface area contributed by atoms with E-state index in [2.05, 4.69) is 5.32 Å². The molecule has 7 heteroatoms. The molecular formula is C19H28N2O5. The molecule has 1 heterocycles. The summed E-state index contributed by atoms with van der Waals surface area (Å²) in [6, 6.07) is 5.12. The number of benzene rings is 1. The van der Waals surface area contributed by atoms with Crippen molar-refractivity contribution in [2.75, 3.05) is 47.6 Å². The van der Waals surface area contributed by atoms with Crippen LogP contribution in [0.4, 0.5) is 0 Å². The molecule has 1 atom stereocenters. The average Bonchev–Trinajstić information content (AvgIpc) is 2.67. The Labute approximate surface area is 154 Å². The number of amides is 2. The summed E-state index contributed by atoms with van der Waals surface area (Å²) < 4.78 is 15.5. The molecule has 1 aliphatic rings. The van der Waals surface area contributed by atoms with Crippen molar-refractivity contribution in [2.45, 2.75) is 19.8 Å². The third-order valence-corrected chi connectivity index (χ3v) is 4.76. The smallest absolute Gasteiger partial charge is 0.257 e. The number of rotatable bonds is 7. The standard InChI is InChI=1S/C19H28N2O5/c1-19(18(23)20-9-11-24-2)8-5-10-21(13-19)17(22)15-7-6-14(25-3)12-16(15)26-4/h6-7,12H,5,8-11,13H2,1-4H3,(H,20,23). The molecule has 0 saturated carbocycles. The highest BCUT2D eigenvalue weighted by molar-refractivity contribution is 5.97. The highest BCUT2D eigenvalue weighted by Crippen LogP contribution is 2.32. The van der Waals surface area contributed by atoms with E-state index in [0.29, 0.717) is 43.3 Å². The van der Waals surface area contributed by atoms with Crippen molar-refractivity contribution in [1.29, 1.82) is 0 Å². The summed E-state index contributed by atoms with van der Waals surface area (Å²) in [7, 11) is 4.68. The fraction of sp³-hybridized carbons (Fsp3) is 0.579. The van der Waals surface area contributed by atoms with Gasteiger partial charge in [-0.25, -0.2) is 0 Å². The van der Waals surface area contributed by atoms with Gasteiger partial charge in [0.2, 0.25) is 5.91 Å². The largest absolute Gasteiger partial charge is 0.497 e. The van der Waals surface area contributed by atoms with Crippen LogP contribution >= 0.6 is 0 Å². The molecule has 2 rings (SSSR count). The van der Waals surface area contributed by atoms with Crippen molar-refractivity contribution in [1.82, 2.24) is 10.2 Å². The Hall–Kier alpha value is -2.28. The van der Waals surface area contributed by atoms with Gasteiger partial charge >= 0.3 is 0 Å². The van der Waals surface area contributed by atoms with Gasteiger partial charge in [0.15, 0.2) is 0 Å². The van der Waals surface area contributed by atoms with Crippen LogP contribution in [0.25, 0.3) is 0 Å². The zero-order valence-electron chi connectivity index (χ0n) is 16.0. The second-order valence-corrected chi connectivity index (χ2v) is 6.71. The number of hydrogen-bond acceptors (Lipinski definition) is 5. The van der Waals surface area contributed by atoms with Gasteiger partial charge in [-0.3, -0.25) is 9.59 Å². The maximum absolute atomic E-state index is 13.0. The number of hydrogen-bond donors (Lipinski definition) is 1. The molecular weight excluding hydrogens is 336 g/mol. The number of carbonyl (C=O) groups is 2. The summed E-state index contributed by atoms with van der Waals surface area (Å²) >= 11 is 0. The van der Waals surface area contributed by atoms with E-state index in [0.717, 1.165) is 12.8 Å². The lowest BCUT2D eigenvalue weighted by molar-refractivity contribution is -0.132. The van der Waals surface area contributed by atoms with Crippen LogP contribution in [-0.2, 0) is 9.53 Å². The first kappa shape index (κ1) is 20.0. The van der Waals surface area contributed by atoms with Crippen LogP contribution in [0.2, 0.25) is 0 Å². The molecule has 1 saturated heterocycles. The zero-order chi connectivity index (χ0) is 19.2. The Bertz CT molecular complexity index is 649. The van der Waals surface area contributed by atoms with Gasteiger partial charge in [-0.15, -0.1) is 0 Å². The number of nitrogens with one attached hydrogen (secondary N) is 1. The molecule has 0 spiro atoms. The van der Waals surface area contributed by atoms with E-state index in [4.69, 9.17) is 14.2 Å². The first-order valence-corrected chi connectivity index (χ1v) is 8.73. The molecule has 1 fully saturated rings. The normalized spacial score (nSPS) is 19.8. The highest BCUT2D eigenvalue weighted by atomic mass is 16.5. The first-order chi connectivity index (χ1) is 12.4. The van der Waals surface area contributed by atoms with Crippen LogP contribution in [0.5, 0.6) is 11.5 Å². The summed E-state index contributed by atoms with van der Waals surface area (Å²) in [6.07, 6.45) is 1.52. The van der Waals surface area contributed by atoms with Crippen LogP contribution in [-0.4, -0.2) is 64.3 Å². The van der Waals surface area contributed by atoms with Crippen molar-refractivity contribution >= 4 is 11.8 Å². The average molecular weight is 364 g/mol. The number of likely N-dealkylation sites (tertiary alicyclic amines) is 1. The summed E-state index contributed by atoms with van der Waals surface area (Å²) in [6.45, 7) is 3.83. The van der Waals surface area contributed by atoms with Gasteiger partial charge in [-0.05, 0) is 31.9 Å². The predicted octanol–water partition coefficient (Wildman–Crippen LogP) is 1.71. The molecule has 0 radical (unpaired) electrons. The molecule has 7 nitrogen and oxygen atoms in total. The van der Waals surface area contributed by atoms with Gasteiger partial charge < -0.3 is 24.4 Å². The Kier molecular flexibility index (Phi) is 6.85. The Morgan fingerprint density at radius 3 is 2.65 bits per heavy atom. The minimum atomic E-state index is -0.610. The summed E-state index contributed by atoms with van der Waals surface area (Å²) in [4.78, 5) is 27.3. The molecule has 144 valence electrons. The van der Waals surface area contributed by atoms with Gasteiger partial charge in [0.1, 0.15) is 11.5 Å². The molecule has 1 aromatic carbocycles. The number of nitrogens with zero attached hydrogens (tertiary/aromatic N) is 1. The molecule has 1 aliphatic heterocycles. The predicted molar refractivity (Wildman–Crippen MR) is 97.7 cm³/mol. The fourth-order valence-corrected chi connectivity index (χ4v) is 3.22. The van der Waals surface area contributed by atoms with E-state index >= 15 is 0 Å². The van der Waals surface area contributed by atoms with Gasteiger partial charge in [0.25, 0.3) is 5.91 Å². The Balaban J connectivity index is 2.13. The maximum atomic E-state index is 13.0. The second kappa shape index (κ2) is 8.89.